The molecule has 1 heterocycles. The van der Waals surface area contributed by atoms with Crippen molar-refractivity contribution in [2.45, 2.75) is 79.4 Å². The zero-order valence-corrected chi connectivity index (χ0v) is 31.0. The lowest BCUT2D eigenvalue weighted by molar-refractivity contribution is -0.119. The van der Waals surface area contributed by atoms with Crippen LogP contribution in [0, 0.1) is 14.4 Å². The van der Waals surface area contributed by atoms with Gasteiger partial charge in [-0.15, -0.1) is 0 Å². The molecule has 240 valence electrons. The van der Waals surface area contributed by atoms with Gasteiger partial charge in [0.15, 0.2) is 23.1 Å². The minimum atomic E-state index is -0.450. The molecule has 0 saturated carbocycles. The first-order valence-corrected chi connectivity index (χ1v) is 17.9. The van der Waals surface area contributed by atoms with E-state index in [1.165, 1.54) is 0 Å². The fourth-order valence-corrected chi connectivity index (χ4v) is 8.44. The van der Waals surface area contributed by atoms with Gasteiger partial charge in [-0.05, 0) is 82.5 Å². The first-order valence-electron chi connectivity index (χ1n) is 16.0. The van der Waals surface area contributed by atoms with E-state index in [0.717, 1.165) is 60.1 Å². The highest BCUT2D eigenvalue weighted by Crippen LogP contribution is 2.55. The third-order valence-electron chi connectivity index (χ3n) is 9.20. The van der Waals surface area contributed by atoms with Crippen LogP contribution < -0.4 is 9.47 Å². The Morgan fingerprint density at radius 1 is 0.826 bits per heavy atom. The number of carbonyl (C=O) groups is 2. The maximum atomic E-state index is 14.3. The Labute approximate surface area is 294 Å². The van der Waals surface area contributed by atoms with Crippen LogP contribution in [-0.4, -0.2) is 23.1 Å². The first-order chi connectivity index (χ1) is 21.9. The van der Waals surface area contributed by atoms with E-state index in [2.05, 4.69) is 101 Å². The number of ketones is 2. The van der Waals surface area contributed by atoms with E-state index in [9.17, 15) is 9.59 Å². The summed E-state index contributed by atoms with van der Waals surface area (Å²) in [4.78, 5) is 30.9. The zero-order valence-electron chi connectivity index (χ0n) is 27.2. The molecule has 0 spiro atoms. The molecule has 3 aromatic carbocycles. The van der Waals surface area contributed by atoms with Crippen LogP contribution in [0.25, 0.3) is 0 Å². The number of halogens is 2. The van der Waals surface area contributed by atoms with Gasteiger partial charge in [-0.2, -0.15) is 0 Å². The molecule has 0 atom stereocenters. The molecular weight excluding hydrogens is 753 g/mol. The average Bonchev–Trinajstić information content (AvgIpc) is 2.97. The van der Waals surface area contributed by atoms with E-state index in [-0.39, 0.29) is 22.4 Å². The predicted molar refractivity (Wildman–Crippen MR) is 194 cm³/mol. The first kappa shape index (κ1) is 33.0. The summed E-state index contributed by atoms with van der Waals surface area (Å²) < 4.78 is 14.5. The van der Waals surface area contributed by atoms with Gasteiger partial charge in [0.05, 0.1) is 10.2 Å². The second-order valence-electron chi connectivity index (χ2n) is 14.3. The molecule has 7 heteroatoms. The van der Waals surface area contributed by atoms with E-state index in [4.69, 9.17) is 9.47 Å². The lowest BCUT2D eigenvalue weighted by Crippen LogP contribution is -2.44. The largest absolute Gasteiger partial charge is 0.490 e. The van der Waals surface area contributed by atoms with Crippen LogP contribution in [0.5, 0.6) is 11.5 Å². The van der Waals surface area contributed by atoms with Crippen LogP contribution in [-0.2, 0) is 22.7 Å². The number of carbonyl (C=O) groups excluding carboxylic acids is 2. The normalized spacial score (nSPS) is 19.2. The van der Waals surface area contributed by atoms with Crippen molar-refractivity contribution in [2.75, 3.05) is 6.61 Å². The highest BCUT2D eigenvalue weighted by atomic mass is 127. The maximum absolute atomic E-state index is 14.3. The summed E-state index contributed by atoms with van der Waals surface area (Å²) in [6.45, 7) is 12.1. The minimum Gasteiger partial charge on any atom is -0.490 e. The Balaban J connectivity index is 1.52. The third kappa shape index (κ3) is 6.59. The Kier molecular flexibility index (Phi) is 9.29. The number of ether oxygens (including phenoxy) is 2. The van der Waals surface area contributed by atoms with Crippen LogP contribution in [0.2, 0.25) is 0 Å². The van der Waals surface area contributed by atoms with Gasteiger partial charge in [0, 0.05) is 57.9 Å². The van der Waals surface area contributed by atoms with Gasteiger partial charge in [0.2, 0.25) is 0 Å². The summed E-state index contributed by atoms with van der Waals surface area (Å²) >= 11 is 5.93. The van der Waals surface area contributed by atoms with Crippen molar-refractivity contribution in [3.8, 4) is 11.5 Å². The summed E-state index contributed by atoms with van der Waals surface area (Å²) in [5.41, 5.74) is 6.37. The van der Waals surface area contributed by atoms with Crippen molar-refractivity contribution < 1.29 is 19.1 Å². The highest BCUT2D eigenvalue weighted by molar-refractivity contribution is 14.1. The fraction of sp³-hybridized carbons (Fsp3) is 0.385. The van der Waals surface area contributed by atoms with Gasteiger partial charge in [-0.1, -0.05) is 92.2 Å². The highest BCUT2D eigenvalue weighted by Gasteiger charge is 2.49. The molecule has 0 N–H and O–H groups in total. The topological polar surface area (TPSA) is 55.8 Å². The van der Waals surface area contributed by atoms with Gasteiger partial charge >= 0.3 is 0 Å². The minimum absolute atomic E-state index is 0.126. The maximum Gasteiger partial charge on any atom is 0.174 e. The number of rotatable bonds is 8. The molecule has 0 fully saturated rings. The summed E-state index contributed by atoms with van der Waals surface area (Å²) in [5, 5.41) is 0. The molecule has 2 aliphatic carbocycles. The molecule has 0 bridgehead atoms. The molecule has 3 aromatic rings. The van der Waals surface area contributed by atoms with Crippen LogP contribution in [0.4, 0.5) is 0 Å². The molecule has 0 saturated heterocycles. The fourth-order valence-electron chi connectivity index (χ4n) is 7.26. The van der Waals surface area contributed by atoms with Crippen molar-refractivity contribution in [1.29, 1.82) is 0 Å². The van der Waals surface area contributed by atoms with Crippen LogP contribution >= 0.6 is 38.5 Å². The van der Waals surface area contributed by atoms with Gasteiger partial charge in [-0.3, -0.25) is 9.59 Å². The third-order valence-corrected chi connectivity index (χ3v) is 10.8. The molecule has 0 radical (unpaired) electrons. The number of Topliss-reactive ketones (excluding diaryl/α,β-unsaturated/α-hetero) is 2. The van der Waals surface area contributed by atoms with Crippen molar-refractivity contribution >= 4 is 50.1 Å². The molecule has 0 aromatic heterocycles. The van der Waals surface area contributed by atoms with E-state index in [0.29, 0.717) is 44.1 Å². The Morgan fingerprint density at radius 2 is 1.41 bits per heavy atom. The van der Waals surface area contributed by atoms with E-state index < -0.39 is 5.92 Å². The molecule has 3 aliphatic rings. The Morgan fingerprint density at radius 3 is 2.00 bits per heavy atom. The Hall–Kier alpha value is -2.91. The SMILES string of the molecule is CCOc1cc(C2C3=C(CC(C)(C)CC3=O)N(Cc3ccccc3)C3=C2C(=O)CC(C)(C)C3)cc(I)c1OCc1ccccc1Br. The van der Waals surface area contributed by atoms with E-state index in [1.54, 1.807) is 0 Å². The van der Waals surface area contributed by atoms with Crippen molar-refractivity contribution in [3.05, 3.63) is 114 Å². The second kappa shape index (κ2) is 12.9. The number of hydrogen-bond donors (Lipinski definition) is 0. The number of allylic oxidation sites excluding steroid dienone is 4. The second-order valence-corrected chi connectivity index (χ2v) is 16.3. The summed E-state index contributed by atoms with van der Waals surface area (Å²) in [7, 11) is 0. The Bertz CT molecular complexity index is 1700. The summed E-state index contributed by atoms with van der Waals surface area (Å²) in [6, 6.07) is 22.5. The monoisotopic (exact) mass is 793 g/mol. The standard InChI is InChI=1S/C39H41BrINO4/c1-6-45-33-17-26(16-28(41)37(33)46-23-25-14-10-11-15-27(25)40)34-35-29(18-38(2,3)20-31(35)43)42(22-24-12-8-7-9-13-24)30-19-39(4,5)21-32(44)36(30)34/h7-17,34H,6,18-23H2,1-5H3. The molecule has 0 amide bonds. The van der Waals surface area contributed by atoms with Gasteiger partial charge in [0.25, 0.3) is 0 Å². The smallest absolute Gasteiger partial charge is 0.174 e. The van der Waals surface area contributed by atoms with Gasteiger partial charge in [-0.25, -0.2) is 0 Å². The summed E-state index contributed by atoms with van der Waals surface area (Å²) in [5.74, 6) is 1.09. The number of nitrogens with zero attached hydrogens (tertiary/aromatic N) is 1. The molecular formula is C39H41BrINO4. The number of benzene rings is 3. The molecule has 6 rings (SSSR count). The van der Waals surface area contributed by atoms with Crippen molar-refractivity contribution in [1.82, 2.24) is 4.90 Å². The van der Waals surface area contributed by atoms with Crippen LogP contribution in [0.3, 0.4) is 0 Å². The molecule has 1 aliphatic heterocycles. The van der Waals surface area contributed by atoms with Crippen LogP contribution in [0.1, 0.15) is 82.9 Å². The van der Waals surface area contributed by atoms with Gasteiger partial charge < -0.3 is 14.4 Å². The average molecular weight is 795 g/mol. The molecule has 0 unspecified atom stereocenters. The summed E-state index contributed by atoms with van der Waals surface area (Å²) in [6.07, 6.45) is 2.44. The van der Waals surface area contributed by atoms with Crippen LogP contribution in [0.15, 0.2) is 93.7 Å². The predicted octanol–water partition coefficient (Wildman–Crippen LogP) is 9.92. The van der Waals surface area contributed by atoms with E-state index in [1.807, 2.05) is 43.3 Å². The lowest BCUT2D eigenvalue weighted by atomic mass is 9.63. The van der Waals surface area contributed by atoms with Crippen molar-refractivity contribution in [3.63, 3.8) is 0 Å². The number of hydrogen-bond acceptors (Lipinski definition) is 5. The molecule has 46 heavy (non-hydrogen) atoms. The zero-order chi connectivity index (χ0) is 32.8. The quantitative estimate of drug-likeness (QED) is 0.213. The van der Waals surface area contributed by atoms with Crippen molar-refractivity contribution in [2.24, 2.45) is 10.8 Å². The molecule has 5 nitrogen and oxygen atoms in total. The van der Waals surface area contributed by atoms with Gasteiger partial charge in [0.1, 0.15) is 6.61 Å². The van der Waals surface area contributed by atoms with E-state index >= 15 is 0 Å². The lowest BCUT2D eigenvalue weighted by Gasteiger charge is -2.49.